The summed E-state index contributed by atoms with van der Waals surface area (Å²) in [5.74, 6) is 2.34. The molecule has 0 saturated heterocycles. The van der Waals surface area contributed by atoms with Gasteiger partial charge in [0.25, 0.3) is 0 Å². The lowest BCUT2D eigenvalue weighted by atomic mass is 9.78. The van der Waals surface area contributed by atoms with Gasteiger partial charge in [-0.15, -0.1) is 10.2 Å². The highest BCUT2D eigenvalue weighted by Crippen LogP contribution is 2.31. The van der Waals surface area contributed by atoms with Crippen LogP contribution in [0.3, 0.4) is 0 Å². The Kier molecular flexibility index (Phi) is 7.46. The highest BCUT2D eigenvalue weighted by molar-refractivity contribution is 7.99. The van der Waals surface area contributed by atoms with Gasteiger partial charge in [0.2, 0.25) is 5.91 Å². The maximum Gasteiger partial charge on any atom is 0.230 e. The van der Waals surface area contributed by atoms with Crippen LogP contribution in [0.15, 0.2) is 59.8 Å². The molecular weight excluding hydrogens is 440 g/mol. The molecule has 2 aromatic carbocycles. The number of carbonyl (C=O) groups excluding carboxylic acids is 1. The van der Waals surface area contributed by atoms with E-state index < -0.39 is 0 Å². The van der Waals surface area contributed by atoms with Crippen LogP contribution in [-0.2, 0) is 10.2 Å². The summed E-state index contributed by atoms with van der Waals surface area (Å²) in [6.45, 7) is 11.2. The number of nitrogens with one attached hydrogen (secondary N) is 1. The van der Waals surface area contributed by atoms with Crippen molar-refractivity contribution in [3.8, 4) is 17.1 Å². The van der Waals surface area contributed by atoms with Gasteiger partial charge in [0.1, 0.15) is 0 Å². The highest BCUT2D eigenvalue weighted by atomic mass is 32.2. The Morgan fingerprint density at radius 3 is 2.41 bits per heavy atom. The fourth-order valence-corrected chi connectivity index (χ4v) is 5.41. The number of para-hydroxylation sites is 1. The largest absolute Gasteiger partial charge is 0.352 e. The Bertz CT molecular complexity index is 1100. The van der Waals surface area contributed by atoms with Crippen molar-refractivity contribution in [2.24, 2.45) is 11.8 Å². The van der Waals surface area contributed by atoms with Gasteiger partial charge in [-0.3, -0.25) is 9.36 Å². The predicted octanol–water partition coefficient (Wildman–Crippen LogP) is 6.26. The number of thioether (sulfide) groups is 1. The zero-order chi connectivity index (χ0) is 24.3. The number of rotatable bonds is 6. The van der Waals surface area contributed by atoms with Crippen LogP contribution in [0.1, 0.15) is 59.4 Å². The molecule has 5 nitrogen and oxygen atoms in total. The third-order valence-electron chi connectivity index (χ3n) is 7.04. The molecule has 0 aliphatic heterocycles. The number of hydrogen-bond donors (Lipinski definition) is 1. The molecule has 6 heteroatoms. The van der Waals surface area contributed by atoms with Gasteiger partial charge in [-0.05, 0) is 41.4 Å². The minimum absolute atomic E-state index is 0.0645. The van der Waals surface area contributed by atoms with Crippen molar-refractivity contribution in [1.82, 2.24) is 20.1 Å². The van der Waals surface area contributed by atoms with Gasteiger partial charge < -0.3 is 5.32 Å². The van der Waals surface area contributed by atoms with Gasteiger partial charge in [0.05, 0.1) is 5.75 Å². The van der Waals surface area contributed by atoms with Crippen molar-refractivity contribution in [1.29, 1.82) is 0 Å². The average molecular weight is 477 g/mol. The van der Waals surface area contributed by atoms with E-state index in [1.54, 1.807) is 0 Å². The van der Waals surface area contributed by atoms with Crippen LogP contribution >= 0.6 is 11.8 Å². The first-order chi connectivity index (χ1) is 16.2. The quantitative estimate of drug-likeness (QED) is 0.426. The smallest absolute Gasteiger partial charge is 0.230 e. The van der Waals surface area contributed by atoms with E-state index >= 15 is 0 Å². The van der Waals surface area contributed by atoms with Crippen LogP contribution in [0.5, 0.6) is 0 Å². The summed E-state index contributed by atoms with van der Waals surface area (Å²) in [7, 11) is 0. The molecule has 0 radical (unpaired) electrons. The predicted molar refractivity (Wildman–Crippen MR) is 140 cm³/mol. The van der Waals surface area contributed by atoms with Gasteiger partial charge in [0.15, 0.2) is 11.0 Å². The molecule has 3 aromatic rings. The summed E-state index contributed by atoms with van der Waals surface area (Å²) < 4.78 is 2.05. The molecule has 1 aromatic heterocycles. The molecule has 3 atom stereocenters. The summed E-state index contributed by atoms with van der Waals surface area (Å²) in [5.41, 5.74) is 3.36. The summed E-state index contributed by atoms with van der Waals surface area (Å²) in [6, 6.07) is 18.9. The van der Waals surface area contributed by atoms with Gasteiger partial charge in [-0.25, -0.2) is 0 Å². The molecule has 4 rings (SSSR count). The minimum atomic E-state index is 0.0645. The standard InChI is InChI=1S/C28H36N4OS/c1-19-10-9-13-24(20(19)2)29-25(33)18-34-27-31-30-26(32(27)23-11-7-6-8-12-23)21-14-16-22(17-15-21)28(3,4)5/h6-8,11-12,14-17,19-20,24H,9-10,13,18H2,1-5H3,(H,29,33). The highest BCUT2D eigenvalue weighted by Gasteiger charge is 2.28. The second-order valence-electron chi connectivity index (χ2n) is 10.5. The fraction of sp³-hybridized carbons (Fsp3) is 0.464. The maximum absolute atomic E-state index is 12.8. The summed E-state index contributed by atoms with van der Waals surface area (Å²) in [4.78, 5) is 12.8. The van der Waals surface area contributed by atoms with Crippen LogP contribution < -0.4 is 5.32 Å². The molecule has 1 aliphatic rings. The average Bonchev–Trinajstić information content (AvgIpc) is 3.25. The lowest BCUT2D eigenvalue weighted by molar-refractivity contribution is -0.120. The number of carbonyl (C=O) groups is 1. The van der Waals surface area contributed by atoms with Crippen molar-refractivity contribution in [2.75, 3.05) is 5.75 Å². The summed E-state index contributed by atoms with van der Waals surface area (Å²) in [5, 5.41) is 13.0. The van der Waals surface area contributed by atoms with Gasteiger partial charge in [-0.1, -0.05) is 102 Å². The van der Waals surface area contributed by atoms with Crippen molar-refractivity contribution >= 4 is 17.7 Å². The van der Waals surface area contributed by atoms with Crippen molar-refractivity contribution in [2.45, 2.75) is 70.5 Å². The molecule has 1 saturated carbocycles. The molecule has 3 unspecified atom stereocenters. The molecule has 1 N–H and O–H groups in total. The van der Waals surface area contributed by atoms with Crippen molar-refractivity contribution < 1.29 is 4.79 Å². The maximum atomic E-state index is 12.8. The van der Waals surface area contributed by atoms with E-state index in [4.69, 9.17) is 0 Å². The summed E-state index contributed by atoms with van der Waals surface area (Å²) in [6.07, 6.45) is 3.50. The molecular formula is C28H36N4OS. The second kappa shape index (κ2) is 10.3. The Morgan fingerprint density at radius 1 is 1.03 bits per heavy atom. The Morgan fingerprint density at radius 2 is 1.74 bits per heavy atom. The molecule has 1 aliphatic carbocycles. The van der Waals surface area contributed by atoms with E-state index in [9.17, 15) is 4.79 Å². The van der Waals surface area contributed by atoms with Crippen molar-refractivity contribution in [3.05, 3.63) is 60.2 Å². The minimum Gasteiger partial charge on any atom is -0.352 e. The zero-order valence-electron chi connectivity index (χ0n) is 20.9. The number of hydrogen-bond acceptors (Lipinski definition) is 4. The first-order valence-corrected chi connectivity index (χ1v) is 13.3. The van der Waals surface area contributed by atoms with Crippen molar-refractivity contribution in [3.63, 3.8) is 0 Å². The van der Waals surface area contributed by atoms with Crippen LogP contribution in [0.25, 0.3) is 17.1 Å². The topological polar surface area (TPSA) is 59.8 Å². The first-order valence-electron chi connectivity index (χ1n) is 12.3. The Hall–Kier alpha value is -2.60. The number of nitrogens with zero attached hydrogens (tertiary/aromatic N) is 3. The van der Waals surface area contributed by atoms with Crippen LogP contribution in [-0.4, -0.2) is 32.5 Å². The van der Waals surface area contributed by atoms with E-state index in [-0.39, 0.29) is 17.4 Å². The van der Waals surface area contributed by atoms with E-state index in [0.717, 1.165) is 28.7 Å². The Labute approximate surface area is 207 Å². The lowest BCUT2D eigenvalue weighted by Crippen LogP contribution is -2.44. The van der Waals surface area contributed by atoms with Crippen LogP contribution in [0.4, 0.5) is 0 Å². The number of benzene rings is 2. The second-order valence-corrected chi connectivity index (χ2v) is 11.5. The van der Waals surface area contributed by atoms with E-state index in [0.29, 0.717) is 17.6 Å². The van der Waals surface area contributed by atoms with E-state index in [1.165, 1.54) is 30.2 Å². The zero-order valence-corrected chi connectivity index (χ0v) is 21.7. The number of amides is 1. The van der Waals surface area contributed by atoms with Crippen LogP contribution in [0.2, 0.25) is 0 Å². The molecule has 1 amide bonds. The number of aromatic nitrogens is 3. The normalized spacial score (nSPS) is 20.8. The van der Waals surface area contributed by atoms with Gasteiger partial charge >= 0.3 is 0 Å². The summed E-state index contributed by atoms with van der Waals surface area (Å²) >= 11 is 1.44. The fourth-order valence-electron chi connectivity index (χ4n) is 4.64. The van der Waals surface area contributed by atoms with Crippen LogP contribution in [0, 0.1) is 11.8 Å². The third-order valence-corrected chi connectivity index (χ3v) is 7.97. The molecule has 0 bridgehead atoms. The van der Waals surface area contributed by atoms with E-state index in [1.807, 2.05) is 30.3 Å². The first kappa shape index (κ1) is 24.5. The molecule has 180 valence electrons. The lowest BCUT2D eigenvalue weighted by Gasteiger charge is -2.34. The monoisotopic (exact) mass is 476 g/mol. The van der Waals surface area contributed by atoms with E-state index in [2.05, 4.69) is 79.0 Å². The molecule has 1 fully saturated rings. The molecule has 0 spiro atoms. The van der Waals surface area contributed by atoms with Gasteiger partial charge in [0, 0.05) is 17.3 Å². The molecule has 34 heavy (non-hydrogen) atoms. The van der Waals surface area contributed by atoms with Gasteiger partial charge in [-0.2, -0.15) is 0 Å². The Balaban J connectivity index is 1.55. The SMILES string of the molecule is CC1CCCC(NC(=O)CSc2nnc(-c3ccc(C(C)(C)C)cc3)n2-c2ccccc2)C1C. The molecule has 1 heterocycles. The third kappa shape index (κ3) is 5.54.